The van der Waals surface area contributed by atoms with Crippen LogP contribution in [-0.4, -0.2) is 59.9 Å². The Bertz CT molecular complexity index is 1260. The molecule has 3 atom stereocenters. The summed E-state index contributed by atoms with van der Waals surface area (Å²) < 4.78 is 25.7. The Morgan fingerprint density at radius 2 is 1.97 bits per heavy atom. The van der Waals surface area contributed by atoms with E-state index in [9.17, 15) is 23.6 Å². The summed E-state index contributed by atoms with van der Waals surface area (Å²) in [5.74, 6) is -1.76. The number of nitrogens with one attached hydrogen (secondary N) is 2. The lowest BCUT2D eigenvalue weighted by Gasteiger charge is -2.44. The second-order valence-corrected chi connectivity index (χ2v) is 10.3. The molecule has 1 saturated heterocycles. The first-order valence-electron chi connectivity index (χ1n) is 12.2. The number of amides is 2. The maximum Gasteiger partial charge on any atom is 0.326 e. The molecule has 0 bridgehead atoms. The average molecular weight is 546 g/mol. The Hall–Kier alpha value is -3.50. The lowest BCUT2D eigenvalue weighted by Crippen LogP contribution is -2.56. The van der Waals surface area contributed by atoms with Gasteiger partial charge in [-0.2, -0.15) is 0 Å². The van der Waals surface area contributed by atoms with Gasteiger partial charge in [-0.3, -0.25) is 24.5 Å². The van der Waals surface area contributed by atoms with Gasteiger partial charge in [0.2, 0.25) is 6.41 Å². The zero-order chi connectivity index (χ0) is 27.6. The fraction of sp³-hybridized carbons (Fsp3) is 0.407. The van der Waals surface area contributed by atoms with Crippen LogP contribution in [0.5, 0.6) is 5.75 Å². The first-order chi connectivity index (χ1) is 18.0. The second-order valence-electron chi connectivity index (χ2n) is 9.89. The standard InChI is InChI=1S/C27H29ClFN3O6/c1-15(34)16-7-9-21-18(11-16)24(31-26(36)17-6-8-20(29)19(28)12-17)25(27(2,3)38-21)37-23(35)13-32(14-33)22-5-4-10-30-22/h6-9,11-12,14,22,24-25,30H,4-5,10,13H2,1-3H3,(H,31,36)/t22-,24+,25-/m0/s1. The lowest BCUT2D eigenvalue weighted by molar-refractivity contribution is -0.168. The number of ether oxygens (including phenoxy) is 2. The van der Waals surface area contributed by atoms with Gasteiger partial charge in [-0.05, 0) is 76.6 Å². The van der Waals surface area contributed by atoms with Crippen molar-refractivity contribution in [2.24, 2.45) is 0 Å². The van der Waals surface area contributed by atoms with Gasteiger partial charge in [-0.25, -0.2) is 4.39 Å². The topological polar surface area (TPSA) is 114 Å². The van der Waals surface area contributed by atoms with Crippen LogP contribution in [-0.2, 0) is 14.3 Å². The molecule has 11 heteroatoms. The molecule has 2 N–H and O–H groups in total. The molecule has 2 heterocycles. The minimum Gasteiger partial charge on any atom is -0.484 e. The molecular formula is C27H29ClFN3O6. The van der Waals surface area contributed by atoms with E-state index in [2.05, 4.69) is 10.6 Å². The third-order valence-electron chi connectivity index (χ3n) is 6.72. The SMILES string of the molecule is CC(=O)c1ccc2c(c1)[C@@H](NC(=O)c1ccc(F)c(Cl)c1)[C@H](OC(=O)CN(C=O)[C@H]1CCCN1)C(C)(C)O2. The van der Waals surface area contributed by atoms with Crippen molar-refractivity contribution >= 4 is 35.7 Å². The molecule has 2 aromatic rings. The number of carbonyl (C=O) groups excluding carboxylic acids is 4. The van der Waals surface area contributed by atoms with Crippen molar-refractivity contribution in [3.05, 3.63) is 63.9 Å². The maximum atomic E-state index is 13.7. The smallest absolute Gasteiger partial charge is 0.326 e. The van der Waals surface area contributed by atoms with Crippen molar-refractivity contribution in [3.8, 4) is 5.75 Å². The largest absolute Gasteiger partial charge is 0.484 e. The van der Waals surface area contributed by atoms with E-state index < -0.39 is 35.4 Å². The normalized spacial score (nSPS) is 21.6. The Balaban J connectivity index is 1.67. The van der Waals surface area contributed by atoms with Crippen molar-refractivity contribution in [2.45, 2.75) is 57.5 Å². The molecule has 0 saturated carbocycles. The minimum atomic E-state index is -1.11. The minimum absolute atomic E-state index is 0.0921. The third-order valence-corrected chi connectivity index (χ3v) is 7.01. The molecule has 0 unspecified atom stereocenters. The van der Waals surface area contributed by atoms with Crippen LogP contribution < -0.4 is 15.4 Å². The zero-order valence-electron chi connectivity index (χ0n) is 21.3. The van der Waals surface area contributed by atoms with E-state index in [1.54, 1.807) is 32.0 Å². The lowest BCUT2D eigenvalue weighted by atomic mass is 9.85. The highest BCUT2D eigenvalue weighted by atomic mass is 35.5. The zero-order valence-corrected chi connectivity index (χ0v) is 22.0. The summed E-state index contributed by atoms with van der Waals surface area (Å²) in [5.41, 5.74) is -0.215. The third kappa shape index (κ3) is 5.81. The summed E-state index contributed by atoms with van der Waals surface area (Å²) in [6.07, 6.45) is 0.871. The summed E-state index contributed by atoms with van der Waals surface area (Å²) in [4.78, 5) is 51.4. The number of ketones is 1. The molecule has 1 fully saturated rings. The number of esters is 1. The van der Waals surface area contributed by atoms with Gasteiger partial charge in [0.05, 0.1) is 17.2 Å². The Morgan fingerprint density at radius 1 is 1.24 bits per heavy atom. The summed E-state index contributed by atoms with van der Waals surface area (Å²) in [7, 11) is 0. The van der Waals surface area contributed by atoms with E-state index in [1.807, 2.05) is 0 Å². The van der Waals surface area contributed by atoms with Crippen LogP contribution >= 0.6 is 11.6 Å². The second kappa shape index (κ2) is 11.1. The van der Waals surface area contributed by atoms with Gasteiger partial charge in [-0.15, -0.1) is 0 Å². The van der Waals surface area contributed by atoms with Crippen molar-refractivity contribution in [1.82, 2.24) is 15.5 Å². The van der Waals surface area contributed by atoms with Crippen LogP contribution in [0.3, 0.4) is 0 Å². The van der Waals surface area contributed by atoms with E-state index in [4.69, 9.17) is 21.1 Å². The number of fused-ring (bicyclic) bond motifs is 1. The number of carbonyl (C=O) groups is 4. The molecule has 0 radical (unpaired) electrons. The predicted molar refractivity (Wildman–Crippen MR) is 136 cm³/mol. The van der Waals surface area contributed by atoms with Crippen molar-refractivity contribution < 1.29 is 33.0 Å². The van der Waals surface area contributed by atoms with Gasteiger partial charge in [0.25, 0.3) is 5.91 Å². The number of hydrogen-bond donors (Lipinski definition) is 2. The van der Waals surface area contributed by atoms with Gasteiger partial charge in [0.1, 0.15) is 23.7 Å². The highest BCUT2D eigenvalue weighted by molar-refractivity contribution is 6.31. The van der Waals surface area contributed by atoms with Crippen molar-refractivity contribution in [2.75, 3.05) is 13.1 Å². The van der Waals surface area contributed by atoms with Crippen LogP contribution in [0.2, 0.25) is 5.02 Å². The fourth-order valence-corrected chi connectivity index (χ4v) is 4.91. The Labute approximate surface area is 224 Å². The van der Waals surface area contributed by atoms with Crippen molar-refractivity contribution in [3.63, 3.8) is 0 Å². The van der Waals surface area contributed by atoms with Crippen LogP contribution in [0.25, 0.3) is 0 Å². The molecule has 2 amide bonds. The van der Waals surface area contributed by atoms with Crippen molar-refractivity contribution in [1.29, 1.82) is 0 Å². The molecule has 0 spiro atoms. The molecule has 202 valence electrons. The van der Waals surface area contributed by atoms with Crippen LogP contribution in [0.15, 0.2) is 36.4 Å². The van der Waals surface area contributed by atoms with Crippen LogP contribution in [0.1, 0.15) is 65.9 Å². The molecule has 2 aromatic carbocycles. The molecule has 4 rings (SSSR count). The summed E-state index contributed by atoms with van der Waals surface area (Å²) >= 11 is 5.88. The Kier molecular flexibility index (Phi) is 8.03. The number of hydrogen-bond acceptors (Lipinski definition) is 7. The van der Waals surface area contributed by atoms with E-state index in [1.165, 1.54) is 24.0 Å². The van der Waals surface area contributed by atoms with Gasteiger partial charge in [0, 0.05) is 16.7 Å². The quantitative estimate of drug-likeness (QED) is 0.297. The highest BCUT2D eigenvalue weighted by Crippen LogP contribution is 2.42. The summed E-state index contributed by atoms with van der Waals surface area (Å²) in [5, 5.41) is 5.79. The van der Waals surface area contributed by atoms with Crippen LogP contribution in [0, 0.1) is 5.82 Å². The molecule has 9 nitrogen and oxygen atoms in total. The number of halogens is 2. The van der Waals surface area contributed by atoms with Gasteiger partial charge in [0.15, 0.2) is 11.9 Å². The van der Waals surface area contributed by atoms with Gasteiger partial charge < -0.3 is 19.7 Å². The summed E-state index contributed by atoms with van der Waals surface area (Å²) in [6, 6.07) is 7.43. The summed E-state index contributed by atoms with van der Waals surface area (Å²) in [6.45, 7) is 5.26. The maximum absolute atomic E-state index is 13.7. The number of nitrogens with zero attached hydrogens (tertiary/aromatic N) is 1. The van der Waals surface area contributed by atoms with E-state index >= 15 is 0 Å². The van der Waals surface area contributed by atoms with Gasteiger partial charge >= 0.3 is 5.97 Å². The van der Waals surface area contributed by atoms with E-state index in [0.29, 0.717) is 29.7 Å². The first kappa shape index (κ1) is 27.5. The van der Waals surface area contributed by atoms with E-state index in [-0.39, 0.29) is 29.1 Å². The number of Topliss-reactive ketones (excluding diaryl/α,β-unsaturated/α-hetero) is 1. The molecule has 2 aliphatic heterocycles. The monoisotopic (exact) mass is 545 g/mol. The number of rotatable bonds is 8. The first-order valence-corrected chi connectivity index (χ1v) is 12.6. The molecule has 2 aliphatic rings. The Morgan fingerprint density at radius 3 is 2.61 bits per heavy atom. The average Bonchev–Trinajstić information content (AvgIpc) is 3.40. The van der Waals surface area contributed by atoms with E-state index in [0.717, 1.165) is 19.0 Å². The molecule has 0 aliphatic carbocycles. The fourth-order valence-electron chi connectivity index (χ4n) is 4.73. The van der Waals surface area contributed by atoms with Gasteiger partial charge in [-0.1, -0.05) is 11.6 Å². The predicted octanol–water partition coefficient (Wildman–Crippen LogP) is 3.40. The van der Waals surface area contributed by atoms with Crippen LogP contribution in [0.4, 0.5) is 4.39 Å². The molecular weight excluding hydrogens is 517 g/mol. The highest BCUT2D eigenvalue weighted by Gasteiger charge is 2.47. The number of benzene rings is 2. The molecule has 0 aromatic heterocycles. The molecule has 38 heavy (non-hydrogen) atoms.